The number of aliphatic hydroxyl groups is 1. The van der Waals surface area contributed by atoms with E-state index in [9.17, 15) is 9.90 Å². The number of Topliss-reactive ketones (excluding diaryl/α,β-unsaturated/α-hetero) is 1. The first-order valence-corrected chi connectivity index (χ1v) is 9.00. The van der Waals surface area contributed by atoms with Crippen molar-refractivity contribution >= 4 is 44.9 Å². The first-order chi connectivity index (χ1) is 12.4. The van der Waals surface area contributed by atoms with E-state index in [2.05, 4.69) is 26.0 Å². The van der Waals surface area contributed by atoms with Crippen molar-refractivity contribution < 1.29 is 14.6 Å². The number of aliphatic hydroxyl groups excluding tert-OH is 1. The zero-order chi connectivity index (χ0) is 18.5. The van der Waals surface area contributed by atoms with Crippen LogP contribution in [0.25, 0.3) is 0 Å². The molecule has 1 aliphatic rings. The van der Waals surface area contributed by atoms with E-state index in [1.807, 2.05) is 0 Å². The van der Waals surface area contributed by atoms with Crippen LogP contribution in [0.2, 0.25) is 10.0 Å². The van der Waals surface area contributed by atoms with Crippen LogP contribution < -0.4 is 4.74 Å². The number of benzene rings is 2. The van der Waals surface area contributed by atoms with Gasteiger partial charge in [-0.2, -0.15) is 5.10 Å². The molecule has 1 aromatic heterocycles. The van der Waals surface area contributed by atoms with E-state index >= 15 is 0 Å². The second kappa shape index (κ2) is 6.35. The molecule has 0 spiro atoms. The van der Waals surface area contributed by atoms with Crippen LogP contribution in [-0.2, 0) is 5.72 Å². The van der Waals surface area contributed by atoms with Gasteiger partial charge < -0.3 is 9.84 Å². The van der Waals surface area contributed by atoms with E-state index in [-0.39, 0.29) is 10.6 Å². The second-order valence-electron chi connectivity index (χ2n) is 5.68. The fraction of sp³-hybridized carbons (Fsp3) is 0.118. The minimum absolute atomic E-state index is 0.148. The van der Waals surface area contributed by atoms with Crippen molar-refractivity contribution in [2.24, 2.45) is 0 Å². The van der Waals surface area contributed by atoms with Gasteiger partial charge in [-0.3, -0.25) is 4.79 Å². The molecule has 0 saturated carbocycles. The van der Waals surface area contributed by atoms with Crippen molar-refractivity contribution in [3.05, 3.63) is 74.7 Å². The Morgan fingerprint density at radius 3 is 2.77 bits per heavy atom. The Hall–Kier alpha value is -1.93. The molecule has 3 aromatic rings. The lowest BCUT2D eigenvalue weighted by molar-refractivity contribution is -0.0685. The van der Waals surface area contributed by atoms with Crippen LogP contribution in [0, 0.1) is 0 Å². The minimum atomic E-state index is -1.86. The smallest absolute Gasteiger partial charge is 0.296 e. The molecule has 9 heteroatoms. The van der Waals surface area contributed by atoms with Gasteiger partial charge in [-0.1, -0.05) is 39.1 Å². The average molecular weight is 455 g/mol. The van der Waals surface area contributed by atoms with Gasteiger partial charge in [-0.05, 0) is 36.4 Å². The van der Waals surface area contributed by atoms with Gasteiger partial charge in [0.2, 0.25) is 5.78 Å². The molecule has 2 atom stereocenters. The molecule has 26 heavy (non-hydrogen) atoms. The molecular weight excluding hydrogens is 445 g/mol. The highest BCUT2D eigenvalue weighted by Crippen LogP contribution is 2.48. The first-order valence-electron chi connectivity index (χ1n) is 7.45. The molecule has 1 aliphatic heterocycles. The number of halogens is 3. The molecule has 4 rings (SSSR count). The molecule has 2 unspecified atom stereocenters. The summed E-state index contributed by atoms with van der Waals surface area (Å²) in [6.45, 7) is 0. The Kier molecular flexibility index (Phi) is 4.27. The quantitative estimate of drug-likeness (QED) is 0.605. The second-order valence-corrected chi connectivity index (χ2v) is 7.44. The molecule has 6 nitrogen and oxygen atoms in total. The monoisotopic (exact) mass is 453 g/mol. The maximum absolute atomic E-state index is 13.5. The number of nitrogens with zero attached hydrogens (tertiary/aromatic N) is 3. The summed E-state index contributed by atoms with van der Waals surface area (Å²) in [7, 11) is 0. The van der Waals surface area contributed by atoms with E-state index in [1.165, 1.54) is 29.5 Å². The van der Waals surface area contributed by atoms with Crippen LogP contribution in [0.15, 0.2) is 53.5 Å². The summed E-state index contributed by atoms with van der Waals surface area (Å²) in [6, 6.07) is 9.59. The number of ketones is 1. The standard InChI is InChI=1S/C17H10BrCl2N3O3/c18-9-1-4-14-12(5-9)16(25)17(26-14,23-8-21-7-22-23)15(24)11-3-2-10(19)6-13(11)20/h1-8,16,25H. The van der Waals surface area contributed by atoms with Crippen LogP contribution in [-0.4, -0.2) is 25.7 Å². The SMILES string of the molecule is O=C(c1ccc(Cl)cc1Cl)C1(n2cncn2)Oc2ccc(Br)cc2C1O. The molecule has 0 amide bonds. The summed E-state index contributed by atoms with van der Waals surface area (Å²) in [4.78, 5) is 17.3. The Morgan fingerprint density at radius 1 is 1.27 bits per heavy atom. The third-order valence-corrected chi connectivity index (χ3v) is 5.20. The van der Waals surface area contributed by atoms with E-state index < -0.39 is 17.6 Å². The van der Waals surface area contributed by atoms with Crippen LogP contribution in [0.1, 0.15) is 22.0 Å². The molecular formula is C17H10BrCl2N3O3. The van der Waals surface area contributed by atoms with Gasteiger partial charge >= 0.3 is 0 Å². The molecule has 2 heterocycles. The van der Waals surface area contributed by atoms with Gasteiger partial charge in [0.15, 0.2) is 6.10 Å². The van der Waals surface area contributed by atoms with Crippen LogP contribution >= 0.6 is 39.1 Å². The van der Waals surface area contributed by atoms with E-state index in [4.69, 9.17) is 27.9 Å². The predicted molar refractivity (Wildman–Crippen MR) is 98.5 cm³/mol. The zero-order valence-corrected chi connectivity index (χ0v) is 16.0. The molecule has 0 saturated heterocycles. The van der Waals surface area contributed by atoms with Gasteiger partial charge in [0, 0.05) is 20.6 Å². The highest BCUT2D eigenvalue weighted by Gasteiger charge is 2.57. The van der Waals surface area contributed by atoms with Crippen molar-refractivity contribution in [2.45, 2.75) is 11.8 Å². The van der Waals surface area contributed by atoms with Gasteiger partial charge in [-0.25, -0.2) is 9.67 Å². The fourth-order valence-electron chi connectivity index (χ4n) is 2.95. The molecule has 1 N–H and O–H groups in total. The highest BCUT2D eigenvalue weighted by molar-refractivity contribution is 9.10. The summed E-state index contributed by atoms with van der Waals surface area (Å²) in [5.41, 5.74) is -1.26. The van der Waals surface area contributed by atoms with Gasteiger partial charge in [0.25, 0.3) is 5.72 Å². The number of aromatic nitrogens is 3. The minimum Gasteiger partial charge on any atom is -0.455 e. The molecule has 0 aliphatic carbocycles. The summed E-state index contributed by atoms with van der Waals surface area (Å²) in [5.74, 6) is -0.195. The van der Waals surface area contributed by atoms with Crippen LogP contribution in [0.3, 0.4) is 0 Å². The summed E-state index contributed by atoms with van der Waals surface area (Å²) in [6.07, 6.45) is 1.25. The molecule has 2 aromatic carbocycles. The van der Waals surface area contributed by atoms with Crippen molar-refractivity contribution in [1.82, 2.24) is 14.8 Å². The number of carbonyl (C=O) groups excluding carboxylic acids is 1. The largest absolute Gasteiger partial charge is 0.455 e. The van der Waals surface area contributed by atoms with E-state index in [1.54, 1.807) is 24.3 Å². The number of ether oxygens (including phenoxy) is 1. The number of rotatable bonds is 3. The number of hydrogen-bond acceptors (Lipinski definition) is 5. The predicted octanol–water partition coefficient (Wildman–Crippen LogP) is 4.01. The Morgan fingerprint density at radius 2 is 2.08 bits per heavy atom. The van der Waals surface area contributed by atoms with Crippen molar-refractivity contribution in [1.29, 1.82) is 0 Å². The number of carbonyl (C=O) groups is 1. The Labute approximate surface area is 166 Å². The zero-order valence-electron chi connectivity index (χ0n) is 12.9. The lowest BCUT2D eigenvalue weighted by Crippen LogP contribution is -2.49. The Balaban J connectivity index is 1.91. The van der Waals surface area contributed by atoms with Crippen molar-refractivity contribution in [2.75, 3.05) is 0 Å². The molecule has 0 bridgehead atoms. The first kappa shape index (κ1) is 17.5. The summed E-state index contributed by atoms with van der Waals surface area (Å²) < 4.78 is 7.89. The van der Waals surface area contributed by atoms with Crippen molar-refractivity contribution in [3.8, 4) is 5.75 Å². The third kappa shape index (κ3) is 2.54. The molecule has 0 radical (unpaired) electrons. The maximum Gasteiger partial charge on any atom is 0.296 e. The fourth-order valence-corrected chi connectivity index (χ4v) is 3.83. The highest BCUT2D eigenvalue weighted by atomic mass is 79.9. The normalized spacial score (nSPS) is 21.3. The van der Waals surface area contributed by atoms with Crippen LogP contribution in [0.5, 0.6) is 5.75 Å². The van der Waals surface area contributed by atoms with Gasteiger partial charge in [-0.15, -0.1) is 0 Å². The maximum atomic E-state index is 13.5. The van der Waals surface area contributed by atoms with E-state index in [0.717, 1.165) is 4.47 Å². The lowest BCUT2D eigenvalue weighted by atomic mass is 9.93. The van der Waals surface area contributed by atoms with Crippen molar-refractivity contribution in [3.63, 3.8) is 0 Å². The number of fused-ring (bicyclic) bond motifs is 1. The number of hydrogen-bond donors (Lipinski definition) is 1. The lowest BCUT2D eigenvalue weighted by Gasteiger charge is -2.30. The van der Waals surface area contributed by atoms with E-state index in [0.29, 0.717) is 16.3 Å². The third-order valence-electron chi connectivity index (χ3n) is 4.16. The Bertz CT molecular complexity index is 1010. The molecule has 0 fully saturated rings. The van der Waals surface area contributed by atoms with Gasteiger partial charge in [0.05, 0.1) is 5.02 Å². The summed E-state index contributed by atoms with van der Waals surface area (Å²) in [5, 5.41) is 15.6. The topological polar surface area (TPSA) is 77.2 Å². The molecule has 132 valence electrons. The summed E-state index contributed by atoms with van der Waals surface area (Å²) >= 11 is 15.5. The van der Waals surface area contributed by atoms with Crippen LogP contribution in [0.4, 0.5) is 0 Å². The van der Waals surface area contributed by atoms with Gasteiger partial charge in [0.1, 0.15) is 18.4 Å². The average Bonchev–Trinajstić information content (AvgIpc) is 3.22.